The Morgan fingerprint density at radius 2 is 1.97 bits per heavy atom. The van der Waals surface area contributed by atoms with Crippen molar-refractivity contribution in [1.29, 1.82) is 0 Å². The van der Waals surface area contributed by atoms with Crippen LogP contribution in [0.2, 0.25) is 0 Å². The molecule has 0 spiro atoms. The van der Waals surface area contributed by atoms with Crippen molar-refractivity contribution in [3.05, 3.63) is 65.6 Å². The zero-order chi connectivity index (χ0) is 25.9. The molecule has 0 radical (unpaired) electrons. The normalized spacial score (nSPS) is 15.0. The molecule has 1 atom stereocenters. The summed E-state index contributed by atoms with van der Waals surface area (Å²) in [6.45, 7) is 0.634. The fourth-order valence-corrected chi connectivity index (χ4v) is 3.75. The molecule has 2 heterocycles. The number of hydrogen-bond donors (Lipinski definition) is 3. The molecule has 1 aromatic carbocycles. The summed E-state index contributed by atoms with van der Waals surface area (Å²) in [5.41, 5.74) is 0.126. The molecule has 1 aliphatic rings. The van der Waals surface area contributed by atoms with Crippen LogP contribution < -0.4 is 15.4 Å². The van der Waals surface area contributed by atoms with Crippen molar-refractivity contribution in [3.63, 3.8) is 0 Å². The molecule has 2 aromatic heterocycles. The Hall–Kier alpha value is -3.87. The summed E-state index contributed by atoms with van der Waals surface area (Å²) in [4.78, 5) is 21.3. The first-order valence-corrected chi connectivity index (χ1v) is 12.9. The number of hydrogen-bond acceptors (Lipinski definition) is 8. The Kier molecular flexibility index (Phi) is 7.02. The lowest BCUT2D eigenvalue weighted by molar-refractivity contribution is 0.00725. The fraction of sp³-hybridized carbons (Fsp3) is 0.304. The number of carbonyl (C=O) groups is 1. The number of amides is 1. The Morgan fingerprint density at radius 1 is 1.25 bits per heavy atom. The second kappa shape index (κ2) is 10.0. The van der Waals surface area contributed by atoms with Gasteiger partial charge in [-0.15, -0.1) is 0 Å². The van der Waals surface area contributed by atoms with Gasteiger partial charge >= 0.3 is 5.92 Å². The largest absolute Gasteiger partial charge is 0.438 e. The summed E-state index contributed by atoms with van der Waals surface area (Å²) in [7, 11) is -3.43. The molecule has 1 aliphatic carbocycles. The number of benzene rings is 1. The van der Waals surface area contributed by atoms with E-state index in [1.807, 2.05) is 0 Å². The maximum Gasteiger partial charge on any atom is 0.304 e. The Bertz CT molecular complexity index is 1360. The van der Waals surface area contributed by atoms with Gasteiger partial charge < -0.3 is 15.4 Å². The standard InChI is InChI=1S/C23H24F2N6O4S/c1-23(24,25)22-30-19(28-15-12-26-27-13-15)18(21(31-22)35-16-6-4-3-5-7-16)20(32)29-17(14-8-9-14)10-11-36(2,33)34/h3-7,10-14,17H,8-9H2,1-2H3,(H,26,27)(H,29,32)(H,28,30,31)/b11-10+/t17-/m1/s1. The number of aromatic nitrogens is 4. The highest BCUT2D eigenvalue weighted by molar-refractivity contribution is 7.93. The molecule has 1 fully saturated rings. The van der Waals surface area contributed by atoms with Gasteiger partial charge in [-0.3, -0.25) is 9.89 Å². The number of rotatable bonds is 10. The number of carbonyl (C=O) groups excluding carboxylic acids is 1. The maximum atomic E-state index is 14.3. The number of ether oxygens (including phenoxy) is 1. The van der Waals surface area contributed by atoms with Gasteiger partial charge in [0.25, 0.3) is 5.91 Å². The monoisotopic (exact) mass is 518 g/mol. The van der Waals surface area contributed by atoms with E-state index >= 15 is 0 Å². The van der Waals surface area contributed by atoms with E-state index < -0.39 is 39.4 Å². The molecular formula is C23H24F2N6O4S. The third kappa shape index (κ3) is 6.62. The lowest BCUT2D eigenvalue weighted by Gasteiger charge is -2.20. The van der Waals surface area contributed by atoms with Crippen molar-refractivity contribution in [2.45, 2.75) is 31.7 Å². The number of nitrogens with zero attached hydrogens (tertiary/aromatic N) is 3. The van der Waals surface area contributed by atoms with Gasteiger partial charge in [-0.05, 0) is 30.9 Å². The van der Waals surface area contributed by atoms with Gasteiger partial charge in [-0.25, -0.2) is 13.4 Å². The third-order valence-electron chi connectivity index (χ3n) is 5.17. The van der Waals surface area contributed by atoms with Gasteiger partial charge in [0.15, 0.2) is 15.7 Å². The van der Waals surface area contributed by atoms with Crippen molar-refractivity contribution in [3.8, 4) is 11.6 Å². The molecule has 3 aromatic rings. The van der Waals surface area contributed by atoms with Gasteiger partial charge in [0, 0.05) is 24.8 Å². The van der Waals surface area contributed by atoms with E-state index in [9.17, 15) is 22.0 Å². The van der Waals surface area contributed by atoms with Gasteiger partial charge in [-0.1, -0.05) is 24.3 Å². The summed E-state index contributed by atoms with van der Waals surface area (Å²) in [5.74, 6) is -5.34. The number of alkyl halides is 2. The quantitative estimate of drug-likeness (QED) is 0.367. The molecule has 4 rings (SSSR count). The molecule has 1 amide bonds. The molecular weight excluding hydrogens is 494 g/mol. The number of sulfone groups is 1. The Labute approximate surface area is 206 Å². The number of nitrogens with one attached hydrogen (secondary N) is 3. The van der Waals surface area contributed by atoms with Crippen molar-refractivity contribution in [2.75, 3.05) is 11.6 Å². The van der Waals surface area contributed by atoms with Crippen molar-refractivity contribution >= 4 is 27.2 Å². The van der Waals surface area contributed by atoms with E-state index in [2.05, 4.69) is 30.8 Å². The Balaban J connectivity index is 1.79. The van der Waals surface area contributed by atoms with E-state index in [0.717, 1.165) is 24.5 Å². The smallest absolute Gasteiger partial charge is 0.304 e. The zero-order valence-corrected chi connectivity index (χ0v) is 20.2. The van der Waals surface area contributed by atoms with Gasteiger partial charge in [0.1, 0.15) is 11.3 Å². The third-order valence-corrected chi connectivity index (χ3v) is 5.83. The maximum absolute atomic E-state index is 14.3. The number of halogens is 2. The highest BCUT2D eigenvalue weighted by atomic mass is 32.2. The first kappa shape index (κ1) is 25.2. The molecule has 36 heavy (non-hydrogen) atoms. The minimum absolute atomic E-state index is 0.0379. The van der Waals surface area contributed by atoms with E-state index in [-0.39, 0.29) is 23.0 Å². The van der Waals surface area contributed by atoms with E-state index in [1.165, 1.54) is 18.5 Å². The average molecular weight is 519 g/mol. The Morgan fingerprint density at radius 3 is 2.56 bits per heavy atom. The molecule has 0 unspecified atom stereocenters. The van der Waals surface area contributed by atoms with Crippen LogP contribution in [0.1, 0.15) is 35.9 Å². The number of aromatic amines is 1. The van der Waals surface area contributed by atoms with Gasteiger partial charge in [0.2, 0.25) is 11.7 Å². The second-order valence-corrected chi connectivity index (χ2v) is 10.4. The topological polar surface area (TPSA) is 139 Å². The highest BCUT2D eigenvalue weighted by Crippen LogP contribution is 2.36. The number of H-pyrrole nitrogens is 1. The van der Waals surface area contributed by atoms with Crippen molar-refractivity contribution in [1.82, 2.24) is 25.5 Å². The van der Waals surface area contributed by atoms with E-state index in [4.69, 9.17) is 4.74 Å². The summed E-state index contributed by atoms with van der Waals surface area (Å²) in [5, 5.41) is 13.0. The molecule has 10 nitrogen and oxygen atoms in total. The second-order valence-electron chi connectivity index (χ2n) is 8.49. The molecule has 3 N–H and O–H groups in total. The van der Waals surface area contributed by atoms with Crippen LogP contribution in [0, 0.1) is 5.92 Å². The highest BCUT2D eigenvalue weighted by Gasteiger charge is 2.36. The van der Waals surface area contributed by atoms with Gasteiger partial charge in [0.05, 0.1) is 17.9 Å². The predicted octanol–water partition coefficient (Wildman–Crippen LogP) is 3.91. The van der Waals surface area contributed by atoms with Crippen LogP contribution in [-0.2, 0) is 15.8 Å². The summed E-state index contributed by atoms with van der Waals surface area (Å²) in [6.07, 6.45) is 6.88. The summed E-state index contributed by atoms with van der Waals surface area (Å²) in [6, 6.07) is 7.65. The molecule has 13 heteroatoms. The van der Waals surface area contributed by atoms with Crippen LogP contribution in [-0.4, -0.2) is 46.8 Å². The zero-order valence-electron chi connectivity index (χ0n) is 19.4. The van der Waals surface area contributed by atoms with Crippen LogP contribution in [0.5, 0.6) is 11.6 Å². The van der Waals surface area contributed by atoms with E-state index in [1.54, 1.807) is 30.3 Å². The summed E-state index contributed by atoms with van der Waals surface area (Å²) >= 11 is 0. The molecule has 1 saturated carbocycles. The van der Waals surface area contributed by atoms with E-state index in [0.29, 0.717) is 12.6 Å². The lowest BCUT2D eigenvalue weighted by Crippen LogP contribution is -2.36. The van der Waals surface area contributed by atoms with Crippen LogP contribution in [0.3, 0.4) is 0 Å². The van der Waals surface area contributed by atoms with Crippen molar-refractivity contribution < 1.29 is 26.7 Å². The predicted molar refractivity (Wildman–Crippen MR) is 128 cm³/mol. The molecule has 190 valence electrons. The minimum atomic E-state index is -3.44. The molecule has 0 saturated heterocycles. The van der Waals surface area contributed by atoms with Crippen LogP contribution in [0.25, 0.3) is 0 Å². The first-order valence-electron chi connectivity index (χ1n) is 11.0. The van der Waals surface area contributed by atoms with Crippen LogP contribution in [0.4, 0.5) is 20.3 Å². The summed E-state index contributed by atoms with van der Waals surface area (Å²) < 4.78 is 57.6. The molecule has 0 aliphatic heterocycles. The SMILES string of the molecule is CC(F)(F)c1nc(Nc2cn[nH]c2)c(C(=O)N[C@H](/C=C/S(C)(=O)=O)C2CC2)c(Oc2ccccc2)n1. The molecule has 0 bridgehead atoms. The minimum Gasteiger partial charge on any atom is -0.438 e. The van der Waals surface area contributed by atoms with Gasteiger partial charge in [-0.2, -0.15) is 18.9 Å². The lowest BCUT2D eigenvalue weighted by atomic mass is 10.1. The first-order chi connectivity index (χ1) is 17.0. The van der Waals surface area contributed by atoms with Crippen LogP contribution >= 0.6 is 0 Å². The van der Waals surface area contributed by atoms with Crippen LogP contribution in [0.15, 0.2) is 54.2 Å². The number of para-hydroxylation sites is 1. The fourth-order valence-electron chi connectivity index (χ4n) is 3.29. The number of anilines is 2. The van der Waals surface area contributed by atoms with Crippen molar-refractivity contribution in [2.24, 2.45) is 5.92 Å². The average Bonchev–Trinajstić information content (AvgIpc) is 3.52.